The molecule has 1 saturated heterocycles. The van der Waals surface area contributed by atoms with Crippen LogP contribution in [0.25, 0.3) is 0 Å². The standard InChI is InChI=1S/C16H21F9N6O5/c17-14(18,19)11(32)27-3-1-4-29(13(34)16(23,24)25)9-10-30(31(36)26-35)6-2-5-28(8-7-27)12(33)15(20,21)22/h35H,1-10H2/p-1/b31-26-. The Balaban J connectivity index is 3.28. The van der Waals surface area contributed by atoms with Gasteiger partial charge in [0.15, 0.2) is 0 Å². The summed E-state index contributed by atoms with van der Waals surface area (Å²) < 4.78 is 116. The van der Waals surface area contributed by atoms with Gasteiger partial charge in [0, 0.05) is 44.2 Å². The highest BCUT2D eigenvalue weighted by molar-refractivity contribution is 5.83. The second kappa shape index (κ2) is 12.2. The SMILES string of the molecule is O=C(N1CCCN(C(=O)C(F)(F)F)CCN(/[N+]([O-])=N/[O-])CCCN(C(=O)C(F)(F)F)CC1)C(F)(F)F. The molecule has 0 spiro atoms. The lowest BCUT2D eigenvalue weighted by molar-refractivity contribution is -0.690. The summed E-state index contributed by atoms with van der Waals surface area (Å²) in [5.41, 5.74) is 0. The van der Waals surface area contributed by atoms with Crippen molar-refractivity contribution in [1.82, 2.24) is 19.7 Å². The first kappa shape index (κ1) is 30.8. The molecular weight excluding hydrogens is 527 g/mol. The Kier molecular flexibility index (Phi) is 10.4. The molecule has 208 valence electrons. The second-order valence-corrected chi connectivity index (χ2v) is 7.37. The number of carbonyl (C=O) groups is 3. The lowest BCUT2D eigenvalue weighted by Gasteiger charge is -2.31. The molecule has 1 rings (SSSR count). The molecule has 20 heteroatoms. The maximum Gasteiger partial charge on any atom is 0.471 e. The van der Waals surface area contributed by atoms with Crippen LogP contribution in [-0.2, 0) is 14.4 Å². The molecule has 0 bridgehead atoms. The first-order valence-corrected chi connectivity index (χ1v) is 10.0. The number of hydrogen-bond acceptors (Lipinski definition) is 6. The topological polar surface area (TPSA) is 126 Å². The first-order chi connectivity index (χ1) is 16.4. The first-order valence-electron chi connectivity index (χ1n) is 10.0. The number of rotatable bonds is 1. The minimum Gasteiger partial charge on any atom is -0.737 e. The minimum absolute atomic E-state index is 0.0145. The second-order valence-electron chi connectivity index (χ2n) is 7.37. The van der Waals surface area contributed by atoms with Crippen LogP contribution < -0.4 is 0 Å². The predicted octanol–water partition coefficient (Wildman–Crippen LogP) is 1.63. The van der Waals surface area contributed by atoms with Gasteiger partial charge in [-0.25, -0.2) is 0 Å². The van der Waals surface area contributed by atoms with Crippen molar-refractivity contribution in [2.45, 2.75) is 31.4 Å². The van der Waals surface area contributed by atoms with Crippen LogP contribution >= 0.6 is 0 Å². The summed E-state index contributed by atoms with van der Waals surface area (Å²) in [4.78, 5) is 34.7. The maximum atomic E-state index is 12.9. The van der Waals surface area contributed by atoms with E-state index in [1.165, 1.54) is 0 Å². The molecule has 0 atom stereocenters. The molecule has 0 N–H and O–H groups in total. The van der Waals surface area contributed by atoms with E-state index in [2.05, 4.69) is 0 Å². The molecule has 1 heterocycles. The molecule has 0 aromatic carbocycles. The van der Waals surface area contributed by atoms with E-state index in [0.717, 1.165) is 0 Å². The number of nitrogens with zero attached hydrogens (tertiary/aromatic N) is 6. The average Bonchev–Trinajstić information content (AvgIpc) is 2.76. The third-order valence-electron chi connectivity index (χ3n) is 4.87. The normalized spacial score (nSPS) is 18.6. The highest BCUT2D eigenvalue weighted by Crippen LogP contribution is 2.22. The molecule has 11 nitrogen and oxygen atoms in total. The summed E-state index contributed by atoms with van der Waals surface area (Å²) in [7, 11) is 0. The number of hydrogen-bond donors (Lipinski definition) is 0. The van der Waals surface area contributed by atoms with Crippen LogP contribution in [0.5, 0.6) is 0 Å². The van der Waals surface area contributed by atoms with Crippen molar-refractivity contribution in [2.24, 2.45) is 5.28 Å². The third-order valence-corrected chi connectivity index (χ3v) is 4.87. The van der Waals surface area contributed by atoms with Crippen LogP contribution in [0.2, 0.25) is 0 Å². The zero-order valence-electron chi connectivity index (χ0n) is 18.2. The fraction of sp³-hybridized carbons (Fsp3) is 0.812. The van der Waals surface area contributed by atoms with Crippen molar-refractivity contribution in [3.63, 3.8) is 0 Å². The van der Waals surface area contributed by atoms with E-state index < -0.39 is 106 Å². The van der Waals surface area contributed by atoms with Crippen molar-refractivity contribution in [2.75, 3.05) is 52.4 Å². The van der Waals surface area contributed by atoms with Gasteiger partial charge in [-0.3, -0.25) is 14.4 Å². The van der Waals surface area contributed by atoms with Gasteiger partial charge in [0.05, 0.1) is 13.1 Å². The van der Waals surface area contributed by atoms with Gasteiger partial charge in [0.25, 0.3) is 0 Å². The van der Waals surface area contributed by atoms with E-state index in [9.17, 15) is 64.3 Å². The number of hydrazine groups is 1. The predicted molar refractivity (Wildman–Crippen MR) is 98.1 cm³/mol. The van der Waals surface area contributed by atoms with Crippen LogP contribution in [0.15, 0.2) is 5.28 Å². The van der Waals surface area contributed by atoms with E-state index in [1.54, 1.807) is 0 Å². The molecule has 0 aromatic heterocycles. The van der Waals surface area contributed by atoms with Crippen molar-refractivity contribution in [1.29, 1.82) is 0 Å². The van der Waals surface area contributed by atoms with Gasteiger partial charge in [0.2, 0.25) is 0 Å². The number of alkyl halides is 9. The third kappa shape index (κ3) is 9.10. The zero-order valence-corrected chi connectivity index (χ0v) is 18.2. The summed E-state index contributed by atoms with van der Waals surface area (Å²) in [6, 6.07) is 0. The zero-order chi connectivity index (χ0) is 27.9. The number of halogens is 9. The Hall–Kier alpha value is -3.22. The molecule has 1 aliphatic rings. The maximum absolute atomic E-state index is 12.9. The van der Waals surface area contributed by atoms with Crippen LogP contribution in [0.1, 0.15) is 12.8 Å². The summed E-state index contributed by atoms with van der Waals surface area (Å²) in [6.07, 6.45) is -17.5. The van der Waals surface area contributed by atoms with Gasteiger partial charge in [-0.15, -0.1) is 5.01 Å². The number of carbonyl (C=O) groups excluding carboxylic acids is 3. The van der Waals surface area contributed by atoms with Gasteiger partial charge in [-0.2, -0.15) is 39.5 Å². The van der Waals surface area contributed by atoms with Crippen molar-refractivity contribution < 1.29 is 58.9 Å². The summed E-state index contributed by atoms with van der Waals surface area (Å²) in [6.45, 7) is -7.01. The highest BCUT2D eigenvalue weighted by Gasteiger charge is 2.45. The largest absolute Gasteiger partial charge is 0.737 e. The van der Waals surface area contributed by atoms with Gasteiger partial charge in [-0.05, 0) is 18.1 Å². The number of amides is 3. The van der Waals surface area contributed by atoms with Crippen LogP contribution in [0, 0.1) is 10.4 Å². The highest BCUT2D eigenvalue weighted by atomic mass is 19.4. The lowest BCUT2D eigenvalue weighted by Crippen LogP contribution is -2.51. The molecule has 0 radical (unpaired) electrons. The fourth-order valence-corrected chi connectivity index (χ4v) is 3.19. The summed E-state index contributed by atoms with van der Waals surface area (Å²) in [5.74, 6) is -7.37. The summed E-state index contributed by atoms with van der Waals surface area (Å²) >= 11 is 0. The lowest BCUT2D eigenvalue weighted by atomic mass is 10.2. The van der Waals surface area contributed by atoms with Crippen molar-refractivity contribution in [3.8, 4) is 0 Å². The van der Waals surface area contributed by atoms with E-state index in [1.807, 2.05) is 5.28 Å². The van der Waals surface area contributed by atoms with E-state index in [0.29, 0.717) is 5.01 Å². The van der Waals surface area contributed by atoms with Gasteiger partial charge in [0.1, 0.15) is 0 Å². The molecule has 1 fully saturated rings. The van der Waals surface area contributed by atoms with E-state index in [-0.39, 0.29) is 14.7 Å². The smallest absolute Gasteiger partial charge is 0.471 e. The fourth-order valence-electron chi connectivity index (χ4n) is 3.19. The molecule has 0 aromatic rings. The Morgan fingerprint density at radius 1 is 0.583 bits per heavy atom. The average molecular weight is 547 g/mol. The molecular formula is C16H20F9N6O5-. The van der Waals surface area contributed by atoms with Crippen molar-refractivity contribution in [3.05, 3.63) is 10.4 Å². The Morgan fingerprint density at radius 3 is 1.19 bits per heavy atom. The monoisotopic (exact) mass is 547 g/mol. The van der Waals surface area contributed by atoms with Gasteiger partial charge >= 0.3 is 36.3 Å². The Bertz CT molecular complexity index is 818. The Morgan fingerprint density at radius 2 is 0.889 bits per heavy atom. The van der Waals surface area contributed by atoms with Crippen LogP contribution in [0.3, 0.4) is 0 Å². The molecule has 36 heavy (non-hydrogen) atoms. The van der Waals surface area contributed by atoms with Crippen LogP contribution in [0.4, 0.5) is 39.5 Å². The van der Waals surface area contributed by atoms with Crippen molar-refractivity contribution >= 4 is 17.7 Å². The van der Waals surface area contributed by atoms with Gasteiger partial charge in [-0.1, -0.05) is 0 Å². The van der Waals surface area contributed by atoms with Crippen LogP contribution in [-0.4, -0.2) is 113 Å². The molecule has 0 saturated carbocycles. The summed E-state index contributed by atoms with van der Waals surface area (Å²) in [5, 5.41) is 24.6. The molecule has 3 amide bonds. The molecule has 0 unspecified atom stereocenters. The quantitative estimate of drug-likeness (QED) is 0.213. The Labute approximate surface area is 196 Å². The van der Waals surface area contributed by atoms with E-state index >= 15 is 0 Å². The van der Waals surface area contributed by atoms with E-state index in [4.69, 9.17) is 0 Å². The molecule has 0 aliphatic carbocycles. The van der Waals surface area contributed by atoms with Gasteiger partial charge < -0.3 is 25.1 Å². The minimum atomic E-state index is -5.48. The molecule has 1 aliphatic heterocycles.